The number of Topliss-reactive ketones (excluding diaryl/α,β-unsaturated/α-hetero) is 1. The predicted molar refractivity (Wildman–Crippen MR) is 86.0 cm³/mol. The highest BCUT2D eigenvalue weighted by atomic mass is 35.5. The van der Waals surface area contributed by atoms with Gasteiger partial charge in [0.15, 0.2) is 5.78 Å². The third-order valence-electron chi connectivity index (χ3n) is 3.11. The molecule has 4 heteroatoms. The van der Waals surface area contributed by atoms with Crippen LogP contribution < -0.4 is 0 Å². The van der Waals surface area contributed by atoms with Gasteiger partial charge in [-0.25, -0.2) is 0 Å². The number of benzene rings is 2. The van der Waals surface area contributed by atoms with Crippen LogP contribution in [0.4, 0.5) is 0 Å². The smallest absolute Gasteiger partial charge is 0.170 e. The van der Waals surface area contributed by atoms with Gasteiger partial charge in [-0.05, 0) is 30.2 Å². The van der Waals surface area contributed by atoms with Crippen molar-refractivity contribution in [2.45, 2.75) is 19.4 Å². The summed E-state index contributed by atoms with van der Waals surface area (Å²) in [5.74, 6) is -0.0210. The number of hydrogen-bond donors (Lipinski definition) is 0. The highest BCUT2D eigenvalue weighted by molar-refractivity contribution is 6.35. The Bertz CT molecular complexity index is 611. The van der Waals surface area contributed by atoms with Gasteiger partial charge in [-0.15, -0.1) is 0 Å². The van der Waals surface area contributed by atoms with Gasteiger partial charge in [0.05, 0.1) is 0 Å². The van der Waals surface area contributed by atoms with Gasteiger partial charge in [0, 0.05) is 23.1 Å². The molecule has 0 aliphatic heterocycles. The predicted octanol–water partition coefficient (Wildman–Crippen LogP) is 4.88. The number of rotatable bonds is 6. The fourth-order valence-electron chi connectivity index (χ4n) is 2.12. The first-order chi connectivity index (χ1) is 10.1. The third kappa shape index (κ3) is 4.31. The number of carbonyl (C=O) groups excluding carboxylic acids is 1. The van der Waals surface area contributed by atoms with Crippen molar-refractivity contribution < 1.29 is 9.53 Å². The summed E-state index contributed by atoms with van der Waals surface area (Å²) < 4.78 is 5.61. The average molecular weight is 323 g/mol. The maximum Gasteiger partial charge on any atom is 0.170 e. The first kappa shape index (κ1) is 16.0. The first-order valence-electron chi connectivity index (χ1n) is 6.75. The number of halogens is 2. The fourth-order valence-corrected chi connectivity index (χ4v) is 2.59. The van der Waals surface area contributed by atoms with E-state index in [4.69, 9.17) is 27.9 Å². The molecule has 0 aliphatic rings. The van der Waals surface area contributed by atoms with Crippen LogP contribution in [-0.4, -0.2) is 12.4 Å². The monoisotopic (exact) mass is 322 g/mol. The molecule has 0 fully saturated rings. The normalized spacial score (nSPS) is 12.1. The van der Waals surface area contributed by atoms with E-state index in [1.807, 2.05) is 37.3 Å². The van der Waals surface area contributed by atoms with Crippen molar-refractivity contribution in [2.24, 2.45) is 0 Å². The molecular weight excluding hydrogens is 307 g/mol. The summed E-state index contributed by atoms with van der Waals surface area (Å²) in [5, 5.41) is 1.06. The molecule has 2 aromatic rings. The van der Waals surface area contributed by atoms with Crippen LogP contribution in [0.5, 0.6) is 0 Å². The van der Waals surface area contributed by atoms with Gasteiger partial charge in [-0.2, -0.15) is 0 Å². The lowest BCUT2D eigenvalue weighted by molar-refractivity contribution is -0.130. The Hall–Kier alpha value is -1.35. The van der Waals surface area contributed by atoms with Crippen molar-refractivity contribution in [3.8, 4) is 0 Å². The van der Waals surface area contributed by atoms with E-state index in [0.29, 0.717) is 16.7 Å². The molecule has 0 bridgehead atoms. The van der Waals surface area contributed by atoms with E-state index < -0.39 is 6.10 Å². The largest absolute Gasteiger partial charge is 0.366 e. The molecule has 2 nitrogen and oxygen atoms in total. The van der Waals surface area contributed by atoms with Gasteiger partial charge in [-0.1, -0.05) is 59.6 Å². The molecule has 0 amide bonds. The molecule has 2 rings (SSSR count). The summed E-state index contributed by atoms with van der Waals surface area (Å²) in [6.45, 7) is 2.35. The molecule has 21 heavy (non-hydrogen) atoms. The Labute approximate surface area is 134 Å². The molecule has 0 aromatic heterocycles. The van der Waals surface area contributed by atoms with Crippen LogP contribution in [-0.2, 0) is 16.0 Å². The Morgan fingerprint density at radius 2 is 1.86 bits per heavy atom. The van der Waals surface area contributed by atoms with E-state index in [1.165, 1.54) is 0 Å². The highest BCUT2D eigenvalue weighted by Gasteiger charge is 2.21. The molecule has 0 spiro atoms. The minimum absolute atomic E-state index is 0.0210. The fraction of sp³-hybridized carbons (Fsp3) is 0.235. The van der Waals surface area contributed by atoms with Gasteiger partial charge < -0.3 is 4.74 Å². The molecule has 1 atom stereocenters. The lowest BCUT2D eigenvalue weighted by atomic mass is 10.00. The summed E-state index contributed by atoms with van der Waals surface area (Å²) in [6.07, 6.45) is -0.349. The van der Waals surface area contributed by atoms with Crippen LogP contribution in [0.15, 0.2) is 48.5 Å². The zero-order valence-corrected chi connectivity index (χ0v) is 13.2. The summed E-state index contributed by atoms with van der Waals surface area (Å²) in [4.78, 5) is 12.5. The molecule has 0 N–H and O–H groups in total. The number of carbonyl (C=O) groups is 1. The zero-order chi connectivity index (χ0) is 15.2. The Kier molecular flexibility index (Phi) is 5.80. The van der Waals surface area contributed by atoms with Gasteiger partial charge in [-0.3, -0.25) is 4.79 Å². The Morgan fingerprint density at radius 3 is 2.48 bits per heavy atom. The summed E-state index contributed by atoms with van der Waals surface area (Å²) in [5.41, 5.74) is 1.61. The minimum atomic E-state index is -0.567. The van der Waals surface area contributed by atoms with Crippen molar-refractivity contribution in [2.75, 3.05) is 6.61 Å². The van der Waals surface area contributed by atoms with E-state index in [-0.39, 0.29) is 12.2 Å². The molecule has 0 saturated heterocycles. The number of ketones is 1. The van der Waals surface area contributed by atoms with E-state index in [1.54, 1.807) is 18.2 Å². The third-order valence-corrected chi connectivity index (χ3v) is 3.69. The Balaban J connectivity index is 2.19. The van der Waals surface area contributed by atoms with Crippen molar-refractivity contribution in [3.05, 3.63) is 69.7 Å². The van der Waals surface area contributed by atoms with Gasteiger partial charge in [0.1, 0.15) is 6.10 Å². The van der Waals surface area contributed by atoms with Crippen molar-refractivity contribution in [1.82, 2.24) is 0 Å². The second-order valence-corrected chi connectivity index (χ2v) is 5.47. The second-order valence-electron chi connectivity index (χ2n) is 4.62. The van der Waals surface area contributed by atoms with Crippen LogP contribution in [0.25, 0.3) is 0 Å². The van der Waals surface area contributed by atoms with Gasteiger partial charge in [0.2, 0.25) is 0 Å². The zero-order valence-electron chi connectivity index (χ0n) is 11.7. The molecule has 0 radical (unpaired) electrons. The Morgan fingerprint density at radius 1 is 1.14 bits per heavy atom. The average Bonchev–Trinajstić information content (AvgIpc) is 2.48. The van der Waals surface area contributed by atoms with E-state index in [9.17, 15) is 4.79 Å². The van der Waals surface area contributed by atoms with Crippen LogP contribution in [0, 0.1) is 0 Å². The summed E-state index contributed by atoms with van der Waals surface area (Å²) in [6, 6.07) is 14.6. The molecule has 1 unspecified atom stereocenters. The maximum atomic E-state index is 12.5. The van der Waals surface area contributed by atoms with Crippen molar-refractivity contribution in [1.29, 1.82) is 0 Å². The maximum absolute atomic E-state index is 12.5. The molecular formula is C17H16Cl2O2. The highest BCUT2D eigenvalue weighted by Crippen LogP contribution is 2.25. The van der Waals surface area contributed by atoms with Gasteiger partial charge in [0.25, 0.3) is 0 Å². The topological polar surface area (TPSA) is 26.3 Å². The lowest BCUT2D eigenvalue weighted by Crippen LogP contribution is -2.18. The quantitative estimate of drug-likeness (QED) is 0.757. The summed E-state index contributed by atoms with van der Waals surface area (Å²) >= 11 is 12.0. The SMILES string of the molecule is CCOC(C(=O)Cc1ccc(Cl)cc1Cl)c1ccccc1. The van der Waals surface area contributed by atoms with E-state index >= 15 is 0 Å². The minimum Gasteiger partial charge on any atom is -0.366 e. The molecule has 0 aliphatic carbocycles. The van der Waals surface area contributed by atoms with Crippen molar-refractivity contribution in [3.63, 3.8) is 0 Å². The molecule has 0 saturated carbocycles. The molecule has 2 aromatic carbocycles. The van der Waals surface area contributed by atoms with Crippen LogP contribution in [0.1, 0.15) is 24.2 Å². The van der Waals surface area contributed by atoms with Crippen LogP contribution in [0.3, 0.4) is 0 Å². The summed E-state index contributed by atoms with van der Waals surface area (Å²) in [7, 11) is 0. The van der Waals surface area contributed by atoms with Crippen LogP contribution in [0.2, 0.25) is 10.0 Å². The number of hydrogen-bond acceptors (Lipinski definition) is 2. The molecule has 110 valence electrons. The van der Waals surface area contributed by atoms with Crippen LogP contribution >= 0.6 is 23.2 Å². The second kappa shape index (κ2) is 7.60. The van der Waals surface area contributed by atoms with E-state index in [2.05, 4.69) is 0 Å². The first-order valence-corrected chi connectivity index (χ1v) is 7.50. The van der Waals surface area contributed by atoms with Gasteiger partial charge >= 0.3 is 0 Å². The number of ether oxygens (including phenoxy) is 1. The van der Waals surface area contributed by atoms with E-state index in [0.717, 1.165) is 11.1 Å². The standard InChI is InChI=1S/C17H16Cl2O2/c1-2-21-17(12-6-4-3-5-7-12)16(20)10-13-8-9-14(18)11-15(13)19/h3-9,11,17H,2,10H2,1H3. The van der Waals surface area contributed by atoms with Crippen molar-refractivity contribution >= 4 is 29.0 Å². The lowest BCUT2D eigenvalue weighted by Gasteiger charge is -2.16. The molecule has 0 heterocycles.